The summed E-state index contributed by atoms with van der Waals surface area (Å²) in [4.78, 5) is 11.0. The van der Waals surface area contributed by atoms with E-state index in [1.165, 1.54) is 11.1 Å². The van der Waals surface area contributed by atoms with Crippen molar-refractivity contribution in [1.82, 2.24) is 0 Å². The highest BCUT2D eigenvalue weighted by Gasteiger charge is 2.15. The first-order chi connectivity index (χ1) is 10.2. The van der Waals surface area contributed by atoms with E-state index >= 15 is 0 Å². The summed E-state index contributed by atoms with van der Waals surface area (Å²) in [5, 5.41) is 10.3. The van der Waals surface area contributed by atoms with Gasteiger partial charge in [-0.2, -0.15) is 0 Å². The first-order valence-corrected chi connectivity index (χ1v) is 7.58. The summed E-state index contributed by atoms with van der Waals surface area (Å²) in [6, 6.07) is 9.40. The Bertz CT molecular complexity index is 657. The monoisotopic (exact) mass is 282 g/mol. The van der Waals surface area contributed by atoms with Gasteiger partial charge in [-0.1, -0.05) is 39.0 Å². The van der Waals surface area contributed by atoms with Gasteiger partial charge in [-0.3, -0.25) is 4.79 Å². The number of phenols is 1. The van der Waals surface area contributed by atoms with Gasteiger partial charge in [0.15, 0.2) is 0 Å². The second kappa shape index (κ2) is 6.57. The van der Waals surface area contributed by atoms with Crippen molar-refractivity contribution >= 4 is 6.29 Å². The first kappa shape index (κ1) is 15.3. The van der Waals surface area contributed by atoms with Gasteiger partial charge in [-0.05, 0) is 59.2 Å². The number of aldehydes is 1. The number of carbonyl (C=O) groups is 1. The molecule has 0 saturated carbocycles. The lowest BCUT2D eigenvalue weighted by molar-refractivity contribution is 0.112. The molecule has 0 radical (unpaired) electrons. The fourth-order valence-electron chi connectivity index (χ4n) is 3.07. The van der Waals surface area contributed by atoms with Gasteiger partial charge in [0.1, 0.15) is 12.0 Å². The quantitative estimate of drug-likeness (QED) is 0.816. The Morgan fingerprint density at radius 3 is 2.19 bits per heavy atom. The Morgan fingerprint density at radius 1 is 0.952 bits per heavy atom. The Balaban J connectivity index is 2.73. The van der Waals surface area contributed by atoms with Crippen LogP contribution in [-0.2, 0) is 19.3 Å². The number of hydrogen-bond donors (Lipinski definition) is 1. The second-order valence-corrected chi connectivity index (χ2v) is 5.18. The average molecular weight is 282 g/mol. The van der Waals surface area contributed by atoms with E-state index in [0.717, 1.165) is 42.2 Å². The SMILES string of the molecule is CCc1c(O)cc(-c2cccc(C=O)c2)c(CC)c1CC. The number of carbonyl (C=O) groups excluding carboxylic acids is 1. The molecule has 0 aromatic heterocycles. The maximum Gasteiger partial charge on any atom is 0.150 e. The molecule has 21 heavy (non-hydrogen) atoms. The third-order valence-electron chi connectivity index (χ3n) is 4.04. The van der Waals surface area contributed by atoms with E-state index in [0.29, 0.717) is 11.3 Å². The molecule has 0 atom stereocenters. The van der Waals surface area contributed by atoms with Gasteiger partial charge in [0.2, 0.25) is 0 Å². The Hall–Kier alpha value is -2.09. The van der Waals surface area contributed by atoms with E-state index in [2.05, 4.69) is 20.8 Å². The molecule has 0 fully saturated rings. The van der Waals surface area contributed by atoms with E-state index in [9.17, 15) is 9.90 Å². The van der Waals surface area contributed by atoms with Gasteiger partial charge in [0, 0.05) is 5.56 Å². The van der Waals surface area contributed by atoms with Crippen molar-refractivity contribution in [1.29, 1.82) is 0 Å². The minimum atomic E-state index is 0.359. The predicted molar refractivity (Wildman–Crippen MR) is 87.1 cm³/mol. The second-order valence-electron chi connectivity index (χ2n) is 5.18. The van der Waals surface area contributed by atoms with Crippen molar-refractivity contribution in [2.75, 3.05) is 0 Å². The smallest absolute Gasteiger partial charge is 0.150 e. The van der Waals surface area contributed by atoms with Crippen LogP contribution >= 0.6 is 0 Å². The largest absolute Gasteiger partial charge is 0.508 e. The molecule has 2 aromatic rings. The molecule has 0 amide bonds. The van der Waals surface area contributed by atoms with Gasteiger partial charge in [0.05, 0.1) is 0 Å². The fourth-order valence-corrected chi connectivity index (χ4v) is 3.07. The van der Waals surface area contributed by atoms with Crippen molar-refractivity contribution < 1.29 is 9.90 Å². The molecule has 0 unspecified atom stereocenters. The molecular formula is C19H22O2. The molecule has 2 heteroatoms. The van der Waals surface area contributed by atoms with Gasteiger partial charge in [-0.25, -0.2) is 0 Å². The zero-order valence-corrected chi connectivity index (χ0v) is 12.9. The van der Waals surface area contributed by atoms with Crippen LogP contribution < -0.4 is 0 Å². The van der Waals surface area contributed by atoms with Crippen LogP contribution in [0, 0.1) is 0 Å². The molecule has 0 bridgehead atoms. The summed E-state index contributed by atoms with van der Waals surface area (Å²) in [6.45, 7) is 6.33. The number of hydrogen-bond acceptors (Lipinski definition) is 2. The van der Waals surface area contributed by atoms with Crippen LogP contribution in [0.15, 0.2) is 30.3 Å². The van der Waals surface area contributed by atoms with E-state index < -0.39 is 0 Å². The number of phenolic OH excluding ortho intramolecular Hbond substituents is 1. The molecule has 0 spiro atoms. The lowest BCUT2D eigenvalue weighted by Crippen LogP contribution is -2.01. The Morgan fingerprint density at radius 2 is 1.62 bits per heavy atom. The predicted octanol–water partition coefficient (Wildman–Crippen LogP) is 4.56. The first-order valence-electron chi connectivity index (χ1n) is 7.58. The molecule has 110 valence electrons. The molecular weight excluding hydrogens is 260 g/mol. The lowest BCUT2D eigenvalue weighted by Gasteiger charge is -2.18. The molecule has 0 saturated heterocycles. The number of aromatic hydroxyl groups is 1. The average Bonchev–Trinajstić information content (AvgIpc) is 2.53. The van der Waals surface area contributed by atoms with Crippen LogP contribution in [0.3, 0.4) is 0 Å². The summed E-state index contributed by atoms with van der Waals surface area (Å²) in [5.74, 6) is 0.359. The maximum absolute atomic E-state index is 11.0. The van der Waals surface area contributed by atoms with Gasteiger partial charge in [0.25, 0.3) is 0 Å². The van der Waals surface area contributed by atoms with E-state index in [-0.39, 0.29) is 0 Å². The van der Waals surface area contributed by atoms with Gasteiger partial charge in [-0.15, -0.1) is 0 Å². The number of benzene rings is 2. The highest BCUT2D eigenvalue weighted by atomic mass is 16.3. The molecule has 0 heterocycles. The van der Waals surface area contributed by atoms with Crippen molar-refractivity contribution in [3.05, 3.63) is 52.6 Å². The zero-order valence-electron chi connectivity index (χ0n) is 12.9. The Kier molecular flexibility index (Phi) is 4.79. The van der Waals surface area contributed by atoms with E-state index in [1.807, 2.05) is 24.3 Å². The summed E-state index contributed by atoms with van der Waals surface area (Å²) in [7, 11) is 0. The van der Waals surface area contributed by atoms with Crippen LogP contribution in [0.1, 0.15) is 47.8 Å². The zero-order chi connectivity index (χ0) is 15.4. The van der Waals surface area contributed by atoms with Crippen molar-refractivity contribution in [3.8, 4) is 16.9 Å². The van der Waals surface area contributed by atoms with Crippen LogP contribution in [0.4, 0.5) is 0 Å². The van der Waals surface area contributed by atoms with Crippen LogP contribution in [-0.4, -0.2) is 11.4 Å². The van der Waals surface area contributed by atoms with E-state index in [4.69, 9.17) is 0 Å². The van der Waals surface area contributed by atoms with Crippen molar-refractivity contribution in [2.24, 2.45) is 0 Å². The topological polar surface area (TPSA) is 37.3 Å². The molecule has 0 aliphatic carbocycles. The lowest BCUT2D eigenvalue weighted by atomic mass is 9.87. The minimum Gasteiger partial charge on any atom is -0.508 e. The third kappa shape index (κ3) is 2.85. The number of rotatable bonds is 5. The summed E-state index contributed by atoms with van der Waals surface area (Å²) >= 11 is 0. The summed E-state index contributed by atoms with van der Waals surface area (Å²) in [6.07, 6.45) is 3.50. The minimum absolute atomic E-state index is 0.359. The molecule has 0 aliphatic rings. The summed E-state index contributed by atoms with van der Waals surface area (Å²) in [5.41, 5.74) is 6.25. The standard InChI is InChI=1S/C19H22O2/c1-4-15-16(5-2)18(11-19(21)17(15)6-3)14-9-7-8-13(10-14)12-20/h7-12,21H,4-6H2,1-3H3. The van der Waals surface area contributed by atoms with Crippen molar-refractivity contribution in [3.63, 3.8) is 0 Å². The molecule has 2 nitrogen and oxygen atoms in total. The van der Waals surface area contributed by atoms with Crippen LogP contribution in [0.2, 0.25) is 0 Å². The molecule has 1 N–H and O–H groups in total. The molecule has 0 aliphatic heterocycles. The highest BCUT2D eigenvalue weighted by molar-refractivity contribution is 5.80. The normalized spacial score (nSPS) is 10.6. The van der Waals surface area contributed by atoms with Crippen LogP contribution in [0.25, 0.3) is 11.1 Å². The maximum atomic E-state index is 11.0. The Labute approximate surface area is 126 Å². The van der Waals surface area contributed by atoms with Crippen LogP contribution in [0.5, 0.6) is 5.75 Å². The summed E-state index contributed by atoms with van der Waals surface area (Å²) < 4.78 is 0. The highest BCUT2D eigenvalue weighted by Crippen LogP contribution is 2.35. The molecule has 2 rings (SSSR count). The van der Waals surface area contributed by atoms with Gasteiger partial charge < -0.3 is 5.11 Å². The fraction of sp³-hybridized carbons (Fsp3) is 0.316. The molecule has 2 aromatic carbocycles. The van der Waals surface area contributed by atoms with Gasteiger partial charge >= 0.3 is 0 Å². The van der Waals surface area contributed by atoms with Crippen molar-refractivity contribution in [2.45, 2.75) is 40.0 Å². The van der Waals surface area contributed by atoms with E-state index in [1.54, 1.807) is 6.07 Å². The third-order valence-corrected chi connectivity index (χ3v) is 4.04.